The first kappa shape index (κ1) is 18.8. The number of nitrogens with one attached hydrogen (secondary N) is 1. The van der Waals surface area contributed by atoms with Crippen LogP contribution in [0.15, 0.2) is 47.5 Å². The largest absolute Gasteiger partial charge is 0.324 e. The highest BCUT2D eigenvalue weighted by atomic mass is 19.1. The van der Waals surface area contributed by atoms with E-state index in [2.05, 4.69) is 10.3 Å². The molecule has 0 fully saturated rings. The molecule has 5 nitrogen and oxygen atoms in total. The number of anilines is 1. The van der Waals surface area contributed by atoms with Gasteiger partial charge in [0.2, 0.25) is 5.91 Å². The lowest BCUT2D eigenvalue weighted by atomic mass is 10.1. The molecule has 0 saturated heterocycles. The van der Waals surface area contributed by atoms with Crippen LogP contribution in [0.5, 0.6) is 0 Å². The molecular weight excluding hydrogens is 345 g/mol. The Labute approximate surface area is 157 Å². The summed E-state index contributed by atoms with van der Waals surface area (Å²) in [5.41, 5.74) is 2.62. The number of hydrogen-bond donors (Lipinski definition) is 1. The van der Waals surface area contributed by atoms with Crippen LogP contribution in [-0.4, -0.2) is 34.6 Å². The smallest absolute Gasteiger partial charge is 0.275 e. The number of carbonyl (C=O) groups is 2. The van der Waals surface area contributed by atoms with Crippen LogP contribution in [0.3, 0.4) is 0 Å². The van der Waals surface area contributed by atoms with Gasteiger partial charge in [-0.1, -0.05) is 12.1 Å². The van der Waals surface area contributed by atoms with Gasteiger partial charge in [-0.2, -0.15) is 0 Å². The van der Waals surface area contributed by atoms with Gasteiger partial charge in [0, 0.05) is 11.3 Å². The number of benzene rings is 2. The van der Waals surface area contributed by atoms with Crippen LogP contribution in [0.25, 0.3) is 0 Å². The number of aryl methyl sites for hydroxylation is 2. The van der Waals surface area contributed by atoms with E-state index < -0.39 is 5.66 Å². The van der Waals surface area contributed by atoms with Crippen molar-refractivity contribution >= 4 is 23.2 Å². The number of carbonyl (C=O) groups excluding carboxylic acids is 2. The van der Waals surface area contributed by atoms with Crippen molar-refractivity contribution in [3.8, 4) is 0 Å². The van der Waals surface area contributed by atoms with E-state index in [0.717, 1.165) is 16.8 Å². The summed E-state index contributed by atoms with van der Waals surface area (Å²) in [4.78, 5) is 31.3. The van der Waals surface area contributed by atoms with E-state index in [9.17, 15) is 14.0 Å². The molecule has 0 atom stereocenters. The van der Waals surface area contributed by atoms with Crippen LogP contribution in [-0.2, 0) is 9.59 Å². The fourth-order valence-electron chi connectivity index (χ4n) is 3.02. The highest BCUT2D eigenvalue weighted by molar-refractivity contribution is 6.47. The number of amides is 2. The molecule has 140 valence electrons. The molecule has 0 radical (unpaired) electrons. The van der Waals surface area contributed by atoms with Crippen LogP contribution in [0.4, 0.5) is 10.1 Å². The molecule has 6 heteroatoms. The molecule has 0 spiro atoms. The number of aliphatic imine (C=N–C) groups is 1. The number of nitrogens with zero attached hydrogens (tertiary/aromatic N) is 2. The lowest BCUT2D eigenvalue weighted by Gasteiger charge is -2.28. The number of hydrogen-bond acceptors (Lipinski definition) is 3. The molecule has 0 unspecified atom stereocenters. The average molecular weight is 367 g/mol. The maximum Gasteiger partial charge on any atom is 0.275 e. The van der Waals surface area contributed by atoms with Crippen molar-refractivity contribution in [2.75, 3.05) is 11.9 Å². The Bertz CT molecular complexity index is 933. The summed E-state index contributed by atoms with van der Waals surface area (Å²) in [5.74, 6) is -1.02. The summed E-state index contributed by atoms with van der Waals surface area (Å²) in [7, 11) is 0. The molecule has 1 aliphatic rings. The number of halogens is 1. The third-order valence-corrected chi connectivity index (χ3v) is 4.58. The fraction of sp³-hybridized carbons (Fsp3) is 0.286. The predicted molar refractivity (Wildman–Crippen MR) is 103 cm³/mol. The Morgan fingerprint density at radius 1 is 1.15 bits per heavy atom. The third-order valence-electron chi connectivity index (χ3n) is 4.58. The Morgan fingerprint density at radius 2 is 1.81 bits per heavy atom. The lowest BCUT2D eigenvalue weighted by molar-refractivity contribution is -0.131. The van der Waals surface area contributed by atoms with Gasteiger partial charge in [-0.3, -0.25) is 14.6 Å². The van der Waals surface area contributed by atoms with Gasteiger partial charge in [-0.15, -0.1) is 0 Å². The summed E-state index contributed by atoms with van der Waals surface area (Å²) in [5, 5.41) is 2.86. The SMILES string of the molecule is Cc1ccc(C)c(NC(=O)CN2C(=O)C(c3ccc(F)cc3)=NC2(C)C)c1. The van der Waals surface area contributed by atoms with Crippen molar-refractivity contribution in [2.45, 2.75) is 33.4 Å². The van der Waals surface area contributed by atoms with Gasteiger partial charge in [-0.05, 0) is 69.2 Å². The Balaban J connectivity index is 1.77. The molecule has 0 aromatic heterocycles. The molecule has 27 heavy (non-hydrogen) atoms. The molecule has 2 aromatic rings. The molecule has 0 saturated carbocycles. The molecule has 2 aromatic carbocycles. The van der Waals surface area contributed by atoms with E-state index in [1.807, 2.05) is 32.0 Å². The Hall–Kier alpha value is -3.02. The monoisotopic (exact) mass is 367 g/mol. The topological polar surface area (TPSA) is 61.8 Å². The second kappa shape index (κ2) is 6.95. The second-order valence-corrected chi connectivity index (χ2v) is 7.22. The maximum absolute atomic E-state index is 13.2. The van der Waals surface area contributed by atoms with Gasteiger partial charge in [0.1, 0.15) is 23.7 Å². The highest BCUT2D eigenvalue weighted by Crippen LogP contribution is 2.26. The molecule has 1 N–H and O–H groups in total. The van der Waals surface area contributed by atoms with Gasteiger partial charge in [-0.25, -0.2) is 4.39 Å². The first-order valence-electron chi connectivity index (χ1n) is 8.72. The zero-order valence-corrected chi connectivity index (χ0v) is 15.8. The Morgan fingerprint density at radius 3 is 2.48 bits per heavy atom. The minimum Gasteiger partial charge on any atom is -0.324 e. The van der Waals surface area contributed by atoms with Crippen LogP contribution in [0.1, 0.15) is 30.5 Å². The van der Waals surface area contributed by atoms with E-state index >= 15 is 0 Å². The maximum atomic E-state index is 13.2. The minimum atomic E-state index is -0.861. The summed E-state index contributed by atoms with van der Waals surface area (Å²) >= 11 is 0. The lowest BCUT2D eigenvalue weighted by Crippen LogP contribution is -2.46. The van der Waals surface area contributed by atoms with E-state index in [1.54, 1.807) is 13.8 Å². The molecule has 1 heterocycles. The second-order valence-electron chi connectivity index (χ2n) is 7.22. The quantitative estimate of drug-likeness (QED) is 0.900. The number of rotatable bonds is 4. The van der Waals surface area contributed by atoms with Crippen molar-refractivity contribution in [1.82, 2.24) is 4.90 Å². The fourth-order valence-corrected chi connectivity index (χ4v) is 3.02. The standard InChI is InChI=1S/C21H22FN3O2/c1-13-5-6-14(2)17(11-13)23-18(26)12-25-20(27)19(24-21(25,3)4)15-7-9-16(22)10-8-15/h5-11H,12H2,1-4H3,(H,23,26). The van der Waals surface area contributed by atoms with Crippen molar-refractivity contribution < 1.29 is 14.0 Å². The highest BCUT2D eigenvalue weighted by Gasteiger charge is 2.41. The van der Waals surface area contributed by atoms with Crippen LogP contribution >= 0.6 is 0 Å². The van der Waals surface area contributed by atoms with E-state index in [0.29, 0.717) is 5.56 Å². The summed E-state index contributed by atoms with van der Waals surface area (Å²) in [6, 6.07) is 11.4. The van der Waals surface area contributed by atoms with Gasteiger partial charge in [0.15, 0.2) is 0 Å². The first-order chi connectivity index (χ1) is 12.7. The third kappa shape index (κ3) is 3.89. The van der Waals surface area contributed by atoms with E-state index in [-0.39, 0.29) is 29.9 Å². The first-order valence-corrected chi connectivity index (χ1v) is 8.72. The molecule has 1 aliphatic heterocycles. The van der Waals surface area contributed by atoms with Gasteiger partial charge < -0.3 is 10.2 Å². The van der Waals surface area contributed by atoms with Crippen molar-refractivity contribution in [2.24, 2.45) is 4.99 Å². The molecule has 2 amide bonds. The van der Waals surface area contributed by atoms with Gasteiger partial charge >= 0.3 is 0 Å². The zero-order chi connectivity index (χ0) is 19.8. The van der Waals surface area contributed by atoms with E-state index in [1.165, 1.54) is 29.2 Å². The van der Waals surface area contributed by atoms with Crippen molar-refractivity contribution in [3.05, 3.63) is 65.0 Å². The van der Waals surface area contributed by atoms with Gasteiger partial charge in [0.25, 0.3) is 5.91 Å². The van der Waals surface area contributed by atoms with E-state index in [4.69, 9.17) is 0 Å². The summed E-state index contributed by atoms with van der Waals surface area (Å²) in [6.45, 7) is 7.29. The summed E-state index contributed by atoms with van der Waals surface area (Å²) in [6.07, 6.45) is 0. The van der Waals surface area contributed by atoms with Crippen LogP contribution in [0, 0.1) is 19.7 Å². The zero-order valence-electron chi connectivity index (χ0n) is 15.8. The predicted octanol–water partition coefficient (Wildman–Crippen LogP) is 3.45. The minimum absolute atomic E-state index is 0.118. The normalized spacial score (nSPS) is 15.7. The average Bonchev–Trinajstić information content (AvgIpc) is 2.82. The van der Waals surface area contributed by atoms with Crippen molar-refractivity contribution in [3.63, 3.8) is 0 Å². The molecule has 0 aliphatic carbocycles. The van der Waals surface area contributed by atoms with Crippen molar-refractivity contribution in [1.29, 1.82) is 0 Å². The molecular formula is C21H22FN3O2. The van der Waals surface area contributed by atoms with Gasteiger partial charge in [0.05, 0.1) is 0 Å². The Kier molecular flexibility index (Phi) is 4.83. The van der Waals surface area contributed by atoms with Crippen LogP contribution < -0.4 is 5.32 Å². The molecule has 0 bridgehead atoms. The van der Waals surface area contributed by atoms with Crippen LogP contribution in [0.2, 0.25) is 0 Å². The molecule has 3 rings (SSSR count). The summed E-state index contributed by atoms with van der Waals surface area (Å²) < 4.78 is 13.2.